The first-order valence-electron chi connectivity index (χ1n) is 14.3. The highest BCUT2D eigenvalue weighted by molar-refractivity contribution is 5.63. The number of nitrogens with zero attached hydrogens (tertiary/aromatic N) is 5. The van der Waals surface area contributed by atoms with Gasteiger partial charge in [0.25, 0.3) is 0 Å². The molecule has 0 amide bonds. The molecule has 1 saturated carbocycles. The van der Waals surface area contributed by atoms with E-state index in [1.165, 1.54) is 37.1 Å². The van der Waals surface area contributed by atoms with Gasteiger partial charge in [0.2, 0.25) is 5.95 Å². The molecule has 40 heavy (non-hydrogen) atoms. The number of likely N-dealkylation sites (N-methyl/N-ethyl adjacent to an activating group) is 1. The lowest BCUT2D eigenvalue weighted by atomic mass is 9.96. The molecule has 212 valence electrons. The largest absolute Gasteiger partial charge is 0.419 e. The minimum absolute atomic E-state index is 0.0207. The third-order valence-electron chi connectivity index (χ3n) is 8.49. The van der Waals surface area contributed by atoms with Crippen LogP contribution in [-0.2, 0) is 24.4 Å². The molecule has 0 unspecified atom stereocenters. The van der Waals surface area contributed by atoms with Crippen molar-refractivity contribution in [2.45, 2.75) is 56.5 Å². The maximum atomic E-state index is 13.8. The van der Waals surface area contributed by atoms with Crippen LogP contribution in [0.5, 0.6) is 0 Å². The molecule has 2 N–H and O–H groups in total. The van der Waals surface area contributed by atoms with E-state index >= 15 is 0 Å². The summed E-state index contributed by atoms with van der Waals surface area (Å²) in [5.74, 6) is 1.42. The van der Waals surface area contributed by atoms with Crippen molar-refractivity contribution in [3.63, 3.8) is 0 Å². The maximum absolute atomic E-state index is 13.8. The number of hydrogen-bond acceptors (Lipinski definition) is 7. The van der Waals surface area contributed by atoms with Gasteiger partial charge in [-0.1, -0.05) is 12.1 Å². The number of rotatable bonds is 7. The van der Waals surface area contributed by atoms with Crippen LogP contribution in [0.15, 0.2) is 42.6 Å². The van der Waals surface area contributed by atoms with Gasteiger partial charge in [0.15, 0.2) is 0 Å². The Morgan fingerprint density at radius 3 is 2.35 bits per heavy atom. The average molecular weight is 552 g/mol. The van der Waals surface area contributed by atoms with E-state index in [9.17, 15) is 13.2 Å². The molecule has 4 heterocycles. The molecule has 1 aromatic carbocycles. The van der Waals surface area contributed by atoms with Gasteiger partial charge in [-0.25, -0.2) is 9.97 Å². The van der Waals surface area contributed by atoms with E-state index in [0.29, 0.717) is 31.9 Å². The number of fused-ring (bicyclic) bond motifs is 1. The average Bonchev–Trinajstić information content (AvgIpc) is 3.77. The third kappa shape index (κ3) is 5.46. The number of alkyl halides is 3. The lowest BCUT2D eigenvalue weighted by Crippen LogP contribution is -2.31. The Morgan fingerprint density at radius 2 is 1.65 bits per heavy atom. The highest BCUT2D eigenvalue weighted by Gasteiger charge is 2.43. The van der Waals surface area contributed by atoms with Crippen molar-refractivity contribution in [1.82, 2.24) is 20.3 Å². The van der Waals surface area contributed by atoms with E-state index in [0.717, 1.165) is 61.3 Å². The van der Waals surface area contributed by atoms with Crippen LogP contribution < -0.4 is 20.4 Å². The normalized spacial score (nSPS) is 18.7. The number of nitrogens with one attached hydrogen (secondary N) is 2. The van der Waals surface area contributed by atoms with Crippen LogP contribution in [0.2, 0.25) is 0 Å². The third-order valence-corrected chi connectivity index (χ3v) is 8.49. The van der Waals surface area contributed by atoms with Crippen LogP contribution in [0, 0.1) is 0 Å². The van der Waals surface area contributed by atoms with Gasteiger partial charge in [-0.15, -0.1) is 0 Å². The molecule has 2 fully saturated rings. The number of hydrogen-bond donors (Lipinski definition) is 2. The number of pyridine rings is 1. The topological polar surface area (TPSA) is 69.2 Å². The molecule has 6 rings (SSSR count). The number of halogens is 3. The van der Waals surface area contributed by atoms with E-state index in [2.05, 4.69) is 44.8 Å². The molecule has 2 aliphatic heterocycles. The Kier molecular flexibility index (Phi) is 7.29. The Labute approximate surface area is 233 Å². The maximum Gasteiger partial charge on any atom is 0.419 e. The van der Waals surface area contributed by atoms with Crippen molar-refractivity contribution >= 4 is 23.3 Å². The first kappa shape index (κ1) is 26.8. The van der Waals surface area contributed by atoms with Gasteiger partial charge in [0.05, 0.1) is 11.3 Å². The molecule has 2 aromatic heterocycles. The Balaban J connectivity index is 1.30. The Morgan fingerprint density at radius 1 is 0.900 bits per heavy atom. The second kappa shape index (κ2) is 10.9. The van der Waals surface area contributed by atoms with E-state index < -0.39 is 11.7 Å². The van der Waals surface area contributed by atoms with Gasteiger partial charge < -0.3 is 20.4 Å². The summed E-state index contributed by atoms with van der Waals surface area (Å²) >= 11 is 0. The van der Waals surface area contributed by atoms with Crippen LogP contribution in [0.4, 0.5) is 36.4 Å². The number of aromatic nitrogens is 3. The van der Waals surface area contributed by atoms with E-state index in [4.69, 9.17) is 9.97 Å². The van der Waals surface area contributed by atoms with Crippen LogP contribution in [-0.4, -0.2) is 54.7 Å². The van der Waals surface area contributed by atoms with Crippen molar-refractivity contribution in [2.24, 2.45) is 0 Å². The van der Waals surface area contributed by atoms with Crippen LogP contribution in [0.25, 0.3) is 0 Å². The fourth-order valence-corrected chi connectivity index (χ4v) is 6.11. The smallest absolute Gasteiger partial charge is 0.355 e. The zero-order valence-corrected chi connectivity index (χ0v) is 22.9. The van der Waals surface area contributed by atoms with Crippen molar-refractivity contribution < 1.29 is 13.2 Å². The second-order valence-electron chi connectivity index (χ2n) is 11.2. The van der Waals surface area contributed by atoms with E-state index in [1.54, 1.807) is 4.90 Å². The Bertz CT molecular complexity index is 1330. The fraction of sp³-hybridized carbons (Fsp3) is 0.500. The molecular formula is C30H36F3N7. The molecule has 1 aliphatic carbocycles. The zero-order chi connectivity index (χ0) is 27.7. The molecule has 0 radical (unpaired) electrons. The summed E-state index contributed by atoms with van der Waals surface area (Å²) in [6.45, 7) is 3.61. The summed E-state index contributed by atoms with van der Waals surface area (Å²) in [6.07, 6.45) is 3.81. The molecule has 0 bridgehead atoms. The molecule has 3 aromatic rings. The predicted octanol–water partition coefficient (Wildman–Crippen LogP) is 5.48. The molecule has 3 aliphatic rings. The molecule has 0 spiro atoms. The summed E-state index contributed by atoms with van der Waals surface area (Å²) in [5, 5.41) is 6.87. The van der Waals surface area contributed by atoms with E-state index in [1.807, 2.05) is 7.05 Å². The molecule has 0 atom stereocenters. The highest BCUT2D eigenvalue weighted by Crippen LogP contribution is 2.47. The quantitative estimate of drug-likeness (QED) is 0.403. The minimum Gasteiger partial charge on any atom is -0.355 e. The minimum atomic E-state index is -4.46. The molecular weight excluding hydrogens is 515 g/mol. The lowest BCUT2D eigenvalue weighted by molar-refractivity contribution is -0.137. The van der Waals surface area contributed by atoms with Gasteiger partial charge in [0, 0.05) is 62.0 Å². The number of benzene rings is 1. The van der Waals surface area contributed by atoms with Gasteiger partial charge >= 0.3 is 6.18 Å². The first-order chi connectivity index (χ1) is 19.4. The summed E-state index contributed by atoms with van der Waals surface area (Å²) < 4.78 is 41.3. The summed E-state index contributed by atoms with van der Waals surface area (Å²) in [7, 11) is 2.00. The van der Waals surface area contributed by atoms with Crippen molar-refractivity contribution in [3.8, 4) is 0 Å². The van der Waals surface area contributed by atoms with Crippen LogP contribution in [0.1, 0.15) is 54.5 Å². The second-order valence-corrected chi connectivity index (χ2v) is 11.2. The highest BCUT2D eigenvalue weighted by atomic mass is 19.4. The first-order valence-corrected chi connectivity index (χ1v) is 14.3. The Hall–Kier alpha value is -3.40. The standard InChI is InChI=1S/C30H36F3N7/c1-34-20-29(13-14-29)21-7-9-22(10-8-21)36-26-23-11-18-39(27-24(30(31,32)33)6-5-15-35-27)19-12-25(23)37-28(38-26)40-16-3-2-4-17-40/h5-10,15,34H,2-4,11-14,16-20H2,1H3,(H,36,37,38). The van der Waals surface area contributed by atoms with Crippen molar-refractivity contribution in [2.75, 3.05) is 54.9 Å². The number of anilines is 4. The summed E-state index contributed by atoms with van der Waals surface area (Å²) in [5.41, 5.74) is 3.68. The predicted molar refractivity (Wildman–Crippen MR) is 152 cm³/mol. The van der Waals surface area contributed by atoms with Gasteiger partial charge in [-0.05, 0) is 75.4 Å². The summed E-state index contributed by atoms with van der Waals surface area (Å²) in [6, 6.07) is 11.0. The van der Waals surface area contributed by atoms with Gasteiger partial charge in [0.1, 0.15) is 11.6 Å². The van der Waals surface area contributed by atoms with Crippen LogP contribution >= 0.6 is 0 Å². The number of piperidine rings is 1. The molecule has 10 heteroatoms. The van der Waals surface area contributed by atoms with Crippen molar-refractivity contribution in [3.05, 3.63) is 65.0 Å². The molecule has 1 saturated heterocycles. The lowest BCUT2D eigenvalue weighted by Gasteiger charge is -2.28. The van der Waals surface area contributed by atoms with Gasteiger partial charge in [-0.3, -0.25) is 0 Å². The molecule has 7 nitrogen and oxygen atoms in total. The fourth-order valence-electron chi connectivity index (χ4n) is 6.11. The monoisotopic (exact) mass is 551 g/mol. The van der Waals surface area contributed by atoms with Crippen molar-refractivity contribution in [1.29, 1.82) is 0 Å². The van der Waals surface area contributed by atoms with Crippen LogP contribution in [0.3, 0.4) is 0 Å². The van der Waals surface area contributed by atoms with Gasteiger partial charge in [-0.2, -0.15) is 18.2 Å². The van der Waals surface area contributed by atoms with E-state index in [-0.39, 0.29) is 11.2 Å². The SMILES string of the molecule is CNCC1(c2ccc(Nc3nc(N4CCCCC4)nc4c3CCN(c3ncccc3C(F)(F)F)CC4)cc2)CC1. The zero-order valence-electron chi connectivity index (χ0n) is 22.9. The summed E-state index contributed by atoms with van der Waals surface area (Å²) in [4.78, 5) is 18.1.